The second-order valence-corrected chi connectivity index (χ2v) is 24.1. The van der Waals surface area contributed by atoms with Crippen LogP contribution < -0.4 is 16.0 Å². The normalized spacial score (nSPS) is 17.7. The lowest BCUT2D eigenvalue weighted by atomic mass is 10.1. The van der Waals surface area contributed by atoms with E-state index >= 15 is 0 Å². The Morgan fingerprint density at radius 2 is 1.69 bits per heavy atom. The van der Waals surface area contributed by atoms with Crippen molar-refractivity contribution in [3.05, 3.63) is 75.5 Å². The highest BCUT2D eigenvalue weighted by Crippen LogP contribution is 2.47. The molecule has 1 unspecified atom stereocenters. The van der Waals surface area contributed by atoms with Gasteiger partial charge in [-0.1, -0.05) is 28.7 Å². The number of ether oxygens (including phenoxy) is 2. The minimum absolute atomic E-state index is 0.0720. The lowest BCUT2D eigenvalue weighted by Crippen LogP contribution is -2.35. The number of carbonyl (C=O) groups is 1. The van der Waals surface area contributed by atoms with E-state index in [9.17, 15) is 4.79 Å². The lowest BCUT2D eigenvalue weighted by molar-refractivity contribution is -0.123. The highest BCUT2D eigenvalue weighted by molar-refractivity contribution is 8.35. The van der Waals surface area contributed by atoms with E-state index < -0.39 is 20.1 Å². The fourth-order valence-corrected chi connectivity index (χ4v) is 7.78. The van der Waals surface area contributed by atoms with Gasteiger partial charge in [0, 0.05) is 53.2 Å². The Hall–Kier alpha value is -3.67. The van der Waals surface area contributed by atoms with Gasteiger partial charge >= 0.3 is 0 Å². The van der Waals surface area contributed by atoms with Crippen LogP contribution in [-0.2, 0) is 14.3 Å². The van der Waals surface area contributed by atoms with Gasteiger partial charge in [0.05, 0.1) is 12.3 Å². The second-order valence-electron chi connectivity index (χ2n) is 13.8. The number of hydrogen-bond acceptors (Lipinski definition) is 13. The molecule has 4 aromatic heterocycles. The first-order valence-electron chi connectivity index (χ1n) is 16.7. The van der Waals surface area contributed by atoms with Gasteiger partial charge in [-0.3, -0.25) is 10.1 Å². The maximum absolute atomic E-state index is 12.1. The summed E-state index contributed by atoms with van der Waals surface area (Å²) in [7, 11) is 0.343. The summed E-state index contributed by atoms with van der Waals surface area (Å²) in [5, 5.41) is 12.6. The number of thiazole rings is 2. The number of aryl methyl sites for hydroxylation is 1. The number of pyridine rings is 1. The van der Waals surface area contributed by atoms with E-state index in [4.69, 9.17) is 13.9 Å². The molecular formula is C36H50N8O4S4. The van der Waals surface area contributed by atoms with Gasteiger partial charge < -0.3 is 29.4 Å². The Bertz CT molecular complexity index is 1860. The van der Waals surface area contributed by atoms with Gasteiger partial charge in [-0.05, 0) is 94.7 Å². The minimum Gasteiger partial charge on any atom is -0.461 e. The topological polar surface area (TPSA) is 140 Å². The number of amides is 1. The summed E-state index contributed by atoms with van der Waals surface area (Å²) in [5.74, 6) is 1.26. The van der Waals surface area contributed by atoms with Crippen LogP contribution in [0, 0.1) is 6.92 Å². The SMILES string of the molecule is CN1CCC(OCC(=O)Nc2ncc(/C=C/C3NC=C(S(C)(C)C)O3)s2)CC1.Cc1cccc(Nc2ncc(/C=C/c3ncc(S(C)(C)C)o3)s2)n1. The van der Waals surface area contributed by atoms with Gasteiger partial charge in [0.15, 0.2) is 26.7 Å². The summed E-state index contributed by atoms with van der Waals surface area (Å²) in [6.07, 6.45) is 30.2. The summed E-state index contributed by atoms with van der Waals surface area (Å²) in [5.41, 5.74) is 0.970. The molecule has 0 saturated carbocycles. The molecule has 1 atom stereocenters. The summed E-state index contributed by atoms with van der Waals surface area (Å²) in [6.45, 7) is 4.07. The molecule has 0 radical (unpaired) electrons. The number of anilines is 3. The van der Waals surface area contributed by atoms with E-state index in [1.807, 2.05) is 68.0 Å². The quantitative estimate of drug-likeness (QED) is 0.132. The third kappa shape index (κ3) is 12.5. The largest absolute Gasteiger partial charge is 0.461 e. The molecule has 0 bridgehead atoms. The molecule has 3 N–H and O–H groups in total. The van der Waals surface area contributed by atoms with Crippen molar-refractivity contribution < 1.29 is 18.7 Å². The predicted octanol–water partition coefficient (Wildman–Crippen LogP) is 7.45. The number of nitrogens with one attached hydrogen (secondary N) is 3. The molecule has 52 heavy (non-hydrogen) atoms. The van der Waals surface area contributed by atoms with Gasteiger partial charge in [-0.2, -0.15) is 20.1 Å². The molecule has 0 aromatic carbocycles. The van der Waals surface area contributed by atoms with Crippen LogP contribution in [0.2, 0.25) is 0 Å². The summed E-state index contributed by atoms with van der Waals surface area (Å²) in [6, 6.07) is 5.86. The van der Waals surface area contributed by atoms with E-state index in [1.54, 1.807) is 17.5 Å². The average Bonchev–Trinajstić information content (AvgIpc) is 3.90. The van der Waals surface area contributed by atoms with Gasteiger partial charge in [-0.25, -0.2) is 19.9 Å². The Morgan fingerprint density at radius 3 is 2.37 bits per heavy atom. The van der Waals surface area contributed by atoms with Crippen LogP contribution >= 0.6 is 42.7 Å². The maximum atomic E-state index is 12.1. The molecule has 6 rings (SSSR count). The van der Waals surface area contributed by atoms with Crippen molar-refractivity contribution in [3.8, 4) is 0 Å². The van der Waals surface area contributed by atoms with E-state index in [1.165, 1.54) is 11.3 Å². The number of nitrogens with zero attached hydrogens (tertiary/aromatic N) is 5. The van der Waals surface area contributed by atoms with Crippen molar-refractivity contribution in [3.63, 3.8) is 0 Å². The summed E-state index contributed by atoms with van der Waals surface area (Å²) in [4.78, 5) is 33.7. The van der Waals surface area contributed by atoms with Crippen LogP contribution in [0.3, 0.4) is 0 Å². The molecule has 2 aliphatic rings. The van der Waals surface area contributed by atoms with Crippen LogP contribution in [0.1, 0.15) is 34.2 Å². The smallest absolute Gasteiger partial charge is 0.252 e. The average molecular weight is 787 g/mol. The molecule has 2 aliphatic heterocycles. The Morgan fingerprint density at radius 1 is 0.981 bits per heavy atom. The standard InChI is InChI=1S/C19H30N4O3S2.C17H20N4OS2/c1-23-9-7-14(8-10-23)25-13-16(24)22-19-21-11-15(27-19)5-6-17-20-12-18(26-17)28(2,3)4;1-12-6-5-7-14(20-12)21-17-19-10-13(23-17)8-9-15-18-11-16(22-15)24(2,3)4/h5-6,11-12,14,17,20H,7-10,13H2,1-4H3,(H,21,22,24);5-11H,1-4H3,(H,19,20,21)/b6-5+;9-8+. The lowest BCUT2D eigenvalue weighted by Gasteiger charge is -2.28. The van der Waals surface area contributed by atoms with Crippen molar-refractivity contribution in [2.45, 2.75) is 37.2 Å². The van der Waals surface area contributed by atoms with Gasteiger partial charge in [0.25, 0.3) is 5.91 Å². The molecule has 1 saturated heterocycles. The second kappa shape index (κ2) is 17.9. The Labute approximate surface area is 317 Å². The molecule has 16 heteroatoms. The van der Waals surface area contributed by atoms with E-state index in [0.717, 1.165) is 62.5 Å². The summed E-state index contributed by atoms with van der Waals surface area (Å²) >= 11 is 2.98. The molecule has 4 aromatic rings. The van der Waals surface area contributed by atoms with Crippen molar-refractivity contribution in [1.29, 1.82) is 0 Å². The van der Waals surface area contributed by atoms with E-state index in [0.29, 0.717) is 11.0 Å². The number of carbonyl (C=O) groups excluding carboxylic acids is 1. The van der Waals surface area contributed by atoms with Crippen LogP contribution in [0.5, 0.6) is 0 Å². The molecule has 0 aliphatic carbocycles. The Kier molecular flexibility index (Phi) is 13.6. The third-order valence-corrected chi connectivity index (χ3v) is 12.2. The molecule has 282 valence electrons. The zero-order valence-corrected chi connectivity index (χ0v) is 34.3. The van der Waals surface area contributed by atoms with Crippen LogP contribution in [0.4, 0.5) is 16.1 Å². The molecular weight excluding hydrogens is 737 g/mol. The van der Waals surface area contributed by atoms with Crippen molar-refractivity contribution in [2.75, 3.05) is 74.9 Å². The van der Waals surface area contributed by atoms with Crippen LogP contribution in [0.25, 0.3) is 18.2 Å². The molecule has 0 spiro atoms. The highest BCUT2D eigenvalue weighted by atomic mass is 32.3. The predicted molar refractivity (Wildman–Crippen MR) is 221 cm³/mol. The fourth-order valence-electron chi connectivity index (χ4n) is 4.79. The van der Waals surface area contributed by atoms with Gasteiger partial charge in [0.2, 0.25) is 5.89 Å². The van der Waals surface area contributed by atoms with E-state index in [-0.39, 0.29) is 24.8 Å². The fraction of sp³-hybridized carbons (Fsp3) is 0.417. The van der Waals surface area contributed by atoms with Crippen LogP contribution in [0.15, 0.2) is 63.7 Å². The van der Waals surface area contributed by atoms with Gasteiger partial charge in [-0.15, -0.1) is 0 Å². The molecule has 1 fully saturated rings. The Balaban J connectivity index is 0.000000203. The summed E-state index contributed by atoms with van der Waals surface area (Å²) < 4.78 is 17.4. The van der Waals surface area contributed by atoms with Crippen molar-refractivity contribution >= 4 is 82.9 Å². The maximum Gasteiger partial charge on any atom is 0.252 e. The number of likely N-dealkylation sites (tertiary alicyclic amines) is 1. The number of aromatic nitrogens is 4. The first-order chi connectivity index (χ1) is 24.7. The zero-order valence-electron chi connectivity index (χ0n) is 31.0. The minimum atomic E-state index is -0.889. The number of piperidine rings is 1. The van der Waals surface area contributed by atoms with Crippen molar-refractivity contribution in [2.24, 2.45) is 0 Å². The van der Waals surface area contributed by atoms with Gasteiger partial charge in [0.1, 0.15) is 12.4 Å². The monoisotopic (exact) mass is 786 g/mol. The zero-order chi connectivity index (χ0) is 37.3. The number of oxazole rings is 1. The van der Waals surface area contributed by atoms with Crippen LogP contribution in [-0.4, -0.2) is 107 Å². The number of rotatable bonds is 12. The highest BCUT2D eigenvalue weighted by Gasteiger charge is 2.22. The first-order valence-corrected chi connectivity index (χ1v) is 24.1. The number of hydrogen-bond donors (Lipinski definition) is 3. The molecule has 1 amide bonds. The van der Waals surface area contributed by atoms with Crippen molar-refractivity contribution in [1.82, 2.24) is 30.2 Å². The van der Waals surface area contributed by atoms with E-state index in [2.05, 4.69) is 85.4 Å². The molecule has 6 heterocycles. The molecule has 12 nitrogen and oxygen atoms in total. The third-order valence-electron chi connectivity index (χ3n) is 7.68. The first kappa shape index (κ1) is 39.5.